The summed E-state index contributed by atoms with van der Waals surface area (Å²) in [5.74, 6) is -0.983. The molecule has 0 bridgehead atoms. The van der Waals surface area contributed by atoms with Gasteiger partial charge in [-0.2, -0.15) is 0 Å². The molecule has 2 rings (SSSR count). The number of hydrogen-bond acceptors (Lipinski definition) is 4. The van der Waals surface area contributed by atoms with Crippen molar-refractivity contribution >= 4 is 5.91 Å². The van der Waals surface area contributed by atoms with Gasteiger partial charge in [0.2, 0.25) is 0 Å². The van der Waals surface area contributed by atoms with E-state index in [9.17, 15) is 9.90 Å². The summed E-state index contributed by atoms with van der Waals surface area (Å²) in [6, 6.07) is -0.419. The molecule has 0 radical (unpaired) electrons. The third-order valence-electron chi connectivity index (χ3n) is 3.62. The Hall–Kier alpha value is -1.17. The van der Waals surface area contributed by atoms with Gasteiger partial charge in [-0.3, -0.25) is 4.79 Å². The first-order chi connectivity index (χ1) is 8.85. The van der Waals surface area contributed by atoms with Gasteiger partial charge in [0.15, 0.2) is 11.4 Å². The number of rotatable bonds is 5. The minimum absolute atomic E-state index is 0.213. The first-order valence-electron chi connectivity index (χ1n) is 6.43. The van der Waals surface area contributed by atoms with Gasteiger partial charge in [0.25, 0.3) is 5.91 Å². The average Bonchev–Trinajstić information content (AvgIpc) is 2.68. The van der Waals surface area contributed by atoms with E-state index in [2.05, 4.69) is 13.2 Å². The maximum Gasteiger partial charge on any atom is 0.257 e. The Kier molecular flexibility index (Phi) is 3.55. The van der Waals surface area contributed by atoms with E-state index in [1.165, 1.54) is 0 Å². The van der Waals surface area contributed by atoms with E-state index >= 15 is 0 Å². The molecule has 1 amide bonds. The molecule has 0 unspecified atom stereocenters. The van der Waals surface area contributed by atoms with Gasteiger partial charge in [-0.05, 0) is 13.8 Å². The van der Waals surface area contributed by atoms with Crippen LogP contribution < -0.4 is 0 Å². The Morgan fingerprint density at radius 3 is 2.63 bits per heavy atom. The molecule has 0 aromatic rings. The normalized spacial score (nSPS) is 37.0. The number of carbonyl (C=O) groups excluding carboxylic acids is 1. The Morgan fingerprint density at radius 2 is 2.16 bits per heavy atom. The van der Waals surface area contributed by atoms with Crippen LogP contribution in [0.2, 0.25) is 0 Å². The minimum Gasteiger partial charge on any atom is -0.377 e. The molecule has 0 saturated carbocycles. The molecule has 2 saturated heterocycles. The summed E-state index contributed by atoms with van der Waals surface area (Å²) < 4.78 is 11.3. The van der Waals surface area contributed by atoms with Crippen LogP contribution >= 0.6 is 0 Å². The fourth-order valence-electron chi connectivity index (χ4n) is 2.84. The summed E-state index contributed by atoms with van der Waals surface area (Å²) in [5, 5.41) is 10.5. The first-order valence-corrected chi connectivity index (χ1v) is 6.43. The van der Waals surface area contributed by atoms with Crippen LogP contribution in [0.1, 0.15) is 20.3 Å². The monoisotopic (exact) mass is 267 g/mol. The third kappa shape index (κ3) is 2.22. The summed E-state index contributed by atoms with van der Waals surface area (Å²) in [6.07, 6.45) is 3.07. The van der Waals surface area contributed by atoms with Crippen LogP contribution in [0.25, 0.3) is 0 Å². The highest BCUT2D eigenvalue weighted by Gasteiger charge is 2.63. The standard InChI is InChI=1S/C14H21NO4/c1-5-7-14(17)11(15(8-6-2)12(14)16)10-9-18-13(3,4)19-10/h5-6,10-11,17H,1-2,7-9H2,3-4H3/t10-,11+,14-/m1/s1. The molecule has 5 heteroatoms. The van der Waals surface area contributed by atoms with Crippen molar-refractivity contribution in [3.63, 3.8) is 0 Å². The Labute approximate surface area is 113 Å². The van der Waals surface area contributed by atoms with E-state index in [1.807, 2.05) is 13.8 Å². The van der Waals surface area contributed by atoms with Crippen molar-refractivity contribution in [2.75, 3.05) is 13.2 Å². The molecule has 0 spiro atoms. The van der Waals surface area contributed by atoms with Gasteiger partial charge in [0, 0.05) is 13.0 Å². The number of carbonyl (C=O) groups is 1. The second-order valence-corrected chi connectivity index (χ2v) is 5.48. The van der Waals surface area contributed by atoms with Crippen LogP contribution in [-0.4, -0.2) is 52.6 Å². The summed E-state index contributed by atoms with van der Waals surface area (Å²) >= 11 is 0. The van der Waals surface area contributed by atoms with Crippen LogP contribution in [-0.2, 0) is 14.3 Å². The molecule has 0 aromatic carbocycles. The highest BCUT2D eigenvalue weighted by Crippen LogP contribution is 2.40. The number of likely N-dealkylation sites (tertiary alicyclic amines) is 1. The predicted molar refractivity (Wildman–Crippen MR) is 70.4 cm³/mol. The molecular weight excluding hydrogens is 246 g/mol. The second kappa shape index (κ2) is 4.74. The summed E-state index contributed by atoms with van der Waals surface area (Å²) in [4.78, 5) is 13.7. The van der Waals surface area contributed by atoms with Gasteiger partial charge in [0.05, 0.1) is 12.6 Å². The zero-order chi connectivity index (χ0) is 14.3. The van der Waals surface area contributed by atoms with E-state index in [4.69, 9.17) is 9.47 Å². The molecule has 2 aliphatic rings. The Bertz CT molecular complexity index is 406. The Balaban J connectivity index is 2.20. The molecular formula is C14H21NO4. The molecule has 2 fully saturated rings. The van der Waals surface area contributed by atoms with Gasteiger partial charge in [0.1, 0.15) is 6.10 Å². The zero-order valence-electron chi connectivity index (χ0n) is 11.5. The number of β-lactam (4-membered cyclic amide) rings is 1. The summed E-state index contributed by atoms with van der Waals surface area (Å²) in [5.41, 5.74) is -1.43. The molecule has 0 aromatic heterocycles. The van der Waals surface area contributed by atoms with Gasteiger partial charge in [-0.1, -0.05) is 12.2 Å². The van der Waals surface area contributed by atoms with Crippen LogP contribution in [0.15, 0.2) is 25.3 Å². The van der Waals surface area contributed by atoms with Crippen molar-refractivity contribution in [3.05, 3.63) is 25.3 Å². The molecule has 2 heterocycles. The average molecular weight is 267 g/mol. The number of ether oxygens (including phenoxy) is 2. The van der Waals surface area contributed by atoms with Crippen LogP contribution in [0, 0.1) is 0 Å². The van der Waals surface area contributed by atoms with Gasteiger partial charge in [-0.15, -0.1) is 13.2 Å². The van der Waals surface area contributed by atoms with E-state index in [0.717, 1.165) is 0 Å². The first kappa shape index (κ1) is 14.2. The van der Waals surface area contributed by atoms with E-state index in [-0.39, 0.29) is 18.4 Å². The third-order valence-corrected chi connectivity index (χ3v) is 3.62. The van der Waals surface area contributed by atoms with Crippen LogP contribution in [0.3, 0.4) is 0 Å². The van der Waals surface area contributed by atoms with Crippen molar-refractivity contribution in [2.45, 2.75) is 43.8 Å². The van der Waals surface area contributed by atoms with Crippen molar-refractivity contribution < 1.29 is 19.4 Å². The number of hydrogen-bond donors (Lipinski definition) is 1. The SMILES string of the molecule is C=CCN1C(=O)[C@@](O)(CC=C)[C@@H]1[C@H]1COC(C)(C)O1. The minimum atomic E-state index is -1.43. The molecule has 3 atom stereocenters. The van der Waals surface area contributed by atoms with Gasteiger partial charge in [-0.25, -0.2) is 0 Å². The molecule has 1 N–H and O–H groups in total. The molecule has 5 nitrogen and oxygen atoms in total. The lowest BCUT2D eigenvalue weighted by atomic mass is 9.76. The lowest BCUT2D eigenvalue weighted by Crippen LogP contribution is -2.77. The fourth-order valence-corrected chi connectivity index (χ4v) is 2.84. The summed E-state index contributed by atoms with van der Waals surface area (Å²) in [7, 11) is 0. The lowest BCUT2D eigenvalue weighted by Gasteiger charge is -2.54. The highest BCUT2D eigenvalue weighted by molar-refractivity contribution is 5.93. The number of aliphatic hydroxyl groups is 1. The Morgan fingerprint density at radius 1 is 1.47 bits per heavy atom. The summed E-state index contributed by atoms with van der Waals surface area (Å²) in [6.45, 7) is 11.6. The molecule has 0 aliphatic carbocycles. The number of amides is 1. The fraction of sp³-hybridized carbons (Fsp3) is 0.643. The van der Waals surface area contributed by atoms with Gasteiger partial charge < -0.3 is 19.5 Å². The van der Waals surface area contributed by atoms with Crippen molar-refractivity contribution in [2.24, 2.45) is 0 Å². The second-order valence-electron chi connectivity index (χ2n) is 5.48. The topological polar surface area (TPSA) is 59.0 Å². The maximum atomic E-state index is 12.1. The largest absolute Gasteiger partial charge is 0.377 e. The van der Waals surface area contributed by atoms with Crippen molar-refractivity contribution in [3.8, 4) is 0 Å². The predicted octanol–water partition coefficient (Wildman–Crippen LogP) is 0.842. The van der Waals surface area contributed by atoms with E-state index in [1.54, 1.807) is 17.1 Å². The highest BCUT2D eigenvalue weighted by atomic mass is 16.7. The molecule has 106 valence electrons. The zero-order valence-corrected chi connectivity index (χ0v) is 11.5. The molecule has 19 heavy (non-hydrogen) atoms. The quantitative estimate of drug-likeness (QED) is 0.592. The van der Waals surface area contributed by atoms with Crippen molar-refractivity contribution in [1.82, 2.24) is 4.90 Å². The van der Waals surface area contributed by atoms with Crippen molar-refractivity contribution in [1.29, 1.82) is 0 Å². The van der Waals surface area contributed by atoms with E-state index < -0.39 is 17.4 Å². The lowest BCUT2D eigenvalue weighted by molar-refractivity contribution is -0.212. The van der Waals surface area contributed by atoms with Gasteiger partial charge >= 0.3 is 0 Å². The maximum absolute atomic E-state index is 12.1. The number of nitrogens with zero attached hydrogens (tertiary/aromatic N) is 1. The van der Waals surface area contributed by atoms with E-state index in [0.29, 0.717) is 13.2 Å². The smallest absolute Gasteiger partial charge is 0.257 e. The van der Waals surface area contributed by atoms with Crippen LogP contribution in [0.5, 0.6) is 0 Å². The molecule has 2 aliphatic heterocycles. The van der Waals surface area contributed by atoms with Crippen LogP contribution in [0.4, 0.5) is 0 Å².